The van der Waals surface area contributed by atoms with E-state index in [1.165, 1.54) is 0 Å². The van der Waals surface area contributed by atoms with Crippen LogP contribution < -0.4 is 5.32 Å². The average Bonchev–Trinajstić information content (AvgIpc) is 2.44. The summed E-state index contributed by atoms with van der Waals surface area (Å²) >= 11 is 5.83. The van der Waals surface area contributed by atoms with Crippen LogP contribution in [0.5, 0.6) is 0 Å². The number of nitrogens with zero attached hydrogens (tertiary/aromatic N) is 3. The van der Waals surface area contributed by atoms with Crippen molar-refractivity contribution < 1.29 is 9.90 Å². The lowest BCUT2D eigenvalue weighted by atomic mass is 9.87. The van der Waals surface area contributed by atoms with Crippen molar-refractivity contribution in [3.05, 3.63) is 45.3 Å². The fourth-order valence-electron chi connectivity index (χ4n) is 2.01. The SMILES string of the molecule is CCC(NCCCN=[N+]=[N-])(C(=O)O)c1ccc(Cl)cc1. The number of halogens is 1. The van der Waals surface area contributed by atoms with Gasteiger partial charge in [-0.1, -0.05) is 35.8 Å². The summed E-state index contributed by atoms with van der Waals surface area (Å²) in [5, 5.41) is 16.6. The molecule has 108 valence electrons. The lowest BCUT2D eigenvalue weighted by Crippen LogP contribution is -2.49. The molecule has 0 aliphatic carbocycles. The second-order valence-corrected chi connectivity index (χ2v) is 4.74. The van der Waals surface area contributed by atoms with Gasteiger partial charge in [-0.25, -0.2) is 4.79 Å². The Hall–Kier alpha value is -1.75. The van der Waals surface area contributed by atoms with Crippen molar-refractivity contribution in [2.24, 2.45) is 5.11 Å². The van der Waals surface area contributed by atoms with E-state index in [0.29, 0.717) is 36.5 Å². The van der Waals surface area contributed by atoms with E-state index in [4.69, 9.17) is 17.1 Å². The van der Waals surface area contributed by atoms with Gasteiger partial charge in [-0.3, -0.25) is 5.32 Å². The number of aliphatic carboxylic acids is 1. The van der Waals surface area contributed by atoms with Crippen LogP contribution in [-0.2, 0) is 10.3 Å². The monoisotopic (exact) mass is 296 g/mol. The zero-order valence-corrected chi connectivity index (χ0v) is 12.0. The third kappa shape index (κ3) is 3.87. The van der Waals surface area contributed by atoms with Crippen molar-refractivity contribution in [2.75, 3.05) is 13.1 Å². The van der Waals surface area contributed by atoms with Gasteiger partial charge in [0, 0.05) is 16.5 Å². The summed E-state index contributed by atoms with van der Waals surface area (Å²) < 4.78 is 0. The Balaban J connectivity index is 2.88. The summed E-state index contributed by atoms with van der Waals surface area (Å²) in [5.41, 5.74) is 7.70. The Kier molecular flexibility index (Phi) is 6.31. The molecule has 0 saturated heterocycles. The standard InChI is InChI=1S/C13H17ClN4O2/c1-2-13(12(19)20,16-8-3-9-17-18-15)10-4-6-11(14)7-5-10/h4-7,16H,2-3,8-9H2,1H3,(H,19,20). The zero-order valence-electron chi connectivity index (χ0n) is 11.2. The van der Waals surface area contributed by atoms with E-state index >= 15 is 0 Å². The first-order chi connectivity index (χ1) is 9.56. The van der Waals surface area contributed by atoms with Crippen molar-refractivity contribution in [1.29, 1.82) is 0 Å². The maximum Gasteiger partial charge on any atom is 0.328 e. The fourth-order valence-corrected chi connectivity index (χ4v) is 2.14. The molecule has 20 heavy (non-hydrogen) atoms. The highest BCUT2D eigenvalue weighted by molar-refractivity contribution is 6.30. The second kappa shape index (κ2) is 7.75. The Morgan fingerprint density at radius 1 is 1.50 bits per heavy atom. The molecule has 0 aromatic heterocycles. The van der Waals surface area contributed by atoms with E-state index in [2.05, 4.69) is 15.3 Å². The molecular weight excluding hydrogens is 280 g/mol. The molecule has 1 aromatic carbocycles. The van der Waals surface area contributed by atoms with Gasteiger partial charge in [0.2, 0.25) is 0 Å². The van der Waals surface area contributed by atoms with Gasteiger partial charge in [0.1, 0.15) is 5.54 Å². The van der Waals surface area contributed by atoms with Gasteiger partial charge in [-0.2, -0.15) is 0 Å². The number of benzene rings is 1. The largest absolute Gasteiger partial charge is 0.480 e. The summed E-state index contributed by atoms with van der Waals surface area (Å²) in [7, 11) is 0. The summed E-state index contributed by atoms with van der Waals surface area (Å²) in [4.78, 5) is 14.3. The van der Waals surface area contributed by atoms with Gasteiger partial charge in [0.05, 0.1) is 0 Å². The summed E-state index contributed by atoms with van der Waals surface area (Å²) in [6.45, 7) is 2.59. The predicted molar refractivity (Wildman–Crippen MR) is 77.7 cm³/mol. The van der Waals surface area contributed by atoms with Gasteiger partial charge < -0.3 is 5.11 Å². The van der Waals surface area contributed by atoms with Crippen LogP contribution in [0.4, 0.5) is 0 Å². The number of carbonyl (C=O) groups is 1. The molecule has 6 nitrogen and oxygen atoms in total. The number of rotatable bonds is 8. The van der Waals surface area contributed by atoms with Crippen LogP contribution in [0.25, 0.3) is 10.4 Å². The molecule has 0 amide bonds. The maximum atomic E-state index is 11.7. The van der Waals surface area contributed by atoms with E-state index in [0.717, 1.165) is 0 Å². The Labute approximate surface area is 122 Å². The number of nitrogens with one attached hydrogen (secondary N) is 1. The van der Waals surface area contributed by atoms with Crippen molar-refractivity contribution in [3.8, 4) is 0 Å². The molecule has 1 rings (SSSR count). The molecule has 1 unspecified atom stereocenters. The number of azide groups is 1. The smallest absolute Gasteiger partial charge is 0.328 e. The second-order valence-electron chi connectivity index (χ2n) is 4.31. The van der Waals surface area contributed by atoms with Gasteiger partial charge >= 0.3 is 5.97 Å². The Bertz CT molecular complexity index is 500. The van der Waals surface area contributed by atoms with Crippen LogP contribution in [0.2, 0.25) is 5.02 Å². The normalized spacial score (nSPS) is 13.3. The quantitative estimate of drug-likeness (QED) is 0.333. The topological polar surface area (TPSA) is 98.1 Å². The first-order valence-corrected chi connectivity index (χ1v) is 6.70. The molecule has 2 N–H and O–H groups in total. The predicted octanol–water partition coefficient (Wildman–Crippen LogP) is 3.32. The number of hydrogen-bond donors (Lipinski definition) is 2. The number of carboxylic acids is 1. The molecule has 0 spiro atoms. The van der Waals surface area contributed by atoms with Gasteiger partial charge in [0.25, 0.3) is 0 Å². The summed E-state index contributed by atoms with van der Waals surface area (Å²) in [5.74, 6) is -0.939. The molecule has 0 radical (unpaired) electrons. The fraction of sp³-hybridized carbons (Fsp3) is 0.462. The van der Waals surface area contributed by atoms with Crippen LogP contribution in [0, 0.1) is 0 Å². The molecule has 0 bridgehead atoms. The van der Waals surface area contributed by atoms with E-state index in [1.54, 1.807) is 24.3 Å². The average molecular weight is 297 g/mol. The third-order valence-corrected chi connectivity index (χ3v) is 3.41. The van der Waals surface area contributed by atoms with Crippen molar-refractivity contribution in [1.82, 2.24) is 5.32 Å². The Morgan fingerprint density at radius 3 is 2.65 bits per heavy atom. The third-order valence-electron chi connectivity index (χ3n) is 3.16. The molecule has 1 atom stereocenters. The van der Waals surface area contributed by atoms with Crippen LogP contribution in [0.15, 0.2) is 29.4 Å². The van der Waals surface area contributed by atoms with Crippen LogP contribution in [0.1, 0.15) is 25.3 Å². The van der Waals surface area contributed by atoms with E-state index in [9.17, 15) is 9.90 Å². The molecular formula is C13H17ClN4O2. The van der Waals surface area contributed by atoms with Crippen LogP contribution >= 0.6 is 11.6 Å². The minimum atomic E-state index is -1.15. The molecule has 0 saturated carbocycles. The van der Waals surface area contributed by atoms with Crippen molar-refractivity contribution in [2.45, 2.75) is 25.3 Å². The first-order valence-electron chi connectivity index (χ1n) is 6.32. The van der Waals surface area contributed by atoms with E-state index in [1.807, 2.05) is 6.92 Å². The Morgan fingerprint density at radius 2 is 2.15 bits per heavy atom. The van der Waals surface area contributed by atoms with Gasteiger partial charge in [-0.05, 0) is 42.6 Å². The van der Waals surface area contributed by atoms with Gasteiger partial charge in [0.15, 0.2) is 0 Å². The number of hydrogen-bond acceptors (Lipinski definition) is 3. The minimum absolute atomic E-state index is 0.337. The maximum absolute atomic E-state index is 11.7. The van der Waals surface area contributed by atoms with E-state index in [-0.39, 0.29) is 0 Å². The van der Waals surface area contributed by atoms with Crippen LogP contribution in [0.3, 0.4) is 0 Å². The molecule has 0 aliphatic rings. The lowest BCUT2D eigenvalue weighted by Gasteiger charge is -2.30. The van der Waals surface area contributed by atoms with E-state index < -0.39 is 11.5 Å². The molecule has 1 aromatic rings. The molecule has 7 heteroatoms. The zero-order chi connectivity index (χ0) is 15.0. The summed E-state index contributed by atoms with van der Waals surface area (Å²) in [6, 6.07) is 6.76. The lowest BCUT2D eigenvalue weighted by molar-refractivity contribution is -0.145. The van der Waals surface area contributed by atoms with Gasteiger partial charge in [-0.15, -0.1) is 0 Å². The molecule has 0 heterocycles. The number of carboxylic acid groups (broad SMARTS) is 1. The minimum Gasteiger partial charge on any atom is -0.480 e. The summed E-state index contributed by atoms with van der Waals surface area (Å²) in [6.07, 6.45) is 0.970. The highest BCUT2D eigenvalue weighted by atomic mass is 35.5. The first kappa shape index (κ1) is 16.3. The van der Waals surface area contributed by atoms with Crippen LogP contribution in [-0.4, -0.2) is 24.2 Å². The molecule has 0 fully saturated rings. The highest BCUT2D eigenvalue weighted by Crippen LogP contribution is 2.26. The molecule has 0 aliphatic heterocycles. The van der Waals surface area contributed by atoms with Crippen molar-refractivity contribution in [3.63, 3.8) is 0 Å². The van der Waals surface area contributed by atoms with Crippen molar-refractivity contribution >= 4 is 17.6 Å². The highest BCUT2D eigenvalue weighted by Gasteiger charge is 2.37.